The first-order chi connectivity index (χ1) is 26.6. The molecule has 2 aliphatic heterocycles. The van der Waals surface area contributed by atoms with E-state index in [9.17, 15) is 38.4 Å². The molecular formula is C41H30N2O12. The van der Waals surface area contributed by atoms with E-state index in [-0.39, 0.29) is 47.0 Å². The molecule has 0 unspecified atom stereocenters. The minimum absolute atomic E-state index is 0.143. The Bertz CT molecular complexity index is 2030. The second-order valence-corrected chi connectivity index (χ2v) is 11.9. The number of ether oxygens (including phenoxy) is 4. The molecule has 14 heteroatoms. The number of carbonyl (C=O) groups is 8. The maximum atomic E-state index is 12.6. The van der Waals surface area contributed by atoms with Crippen LogP contribution in [0.3, 0.4) is 0 Å². The van der Waals surface area contributed by atoms with Crippen LogP contribution >= 0.6 is 0 Å². The molecule has 0 aromatic heterocycles. The van der Waals surface area contributed by atoms with Gasteiger partial charge in [0.15, 0.2) is 0 Å². The lowest BCUT2D eigenvalue weighted by Gasteiger charge is -2.14. The molecule has 0 spiro atoms. The third-order valence-electron chi connectivity index (χ3n) is 8.20. The number of benzene rings is 4. The number of amides is 4. The summed E-state index contributed by atoms with van der Waals surface area (Å²) in [5, 5.41) is 0. The number of imide groups is 2. The summed E-state index contributed by atoms with van der Waals surface area (Å²) in [6, 6.07) is 23.3. The third-order valence-corrected chi connectivity index (χ3v) is 8.20. The fraction of sp³-hybridized carbons (Fsp3) is 0.122. The predicted octanol–water partition coefficient (Wildman–Crippen LogP) is 5.17. The highest BCUT2D eigenvalue weighted by Crippen LogP contribution is 2.23. The Morgan fingerprint density at radius 2 is 0.673 bits per heavy atom. The number of hydrogen-bond acceptors (Lipinski definition) is 12. The molecule has 0 bridgehead atoms. The molecule has 0 aliphatic carbocycles. The van der Waals surface area contributed by atoms with Crippen LogP contribution < -0.4 is 19.3 Å². The fourth-order valence-corrected chi connectivity index (χ4v) is 5.33. The number of unbranched alkanes of at least 4 members (excludes halogenated alkanes) is 2. The van der Waals surface area contributed by atoms with Gasteiger partial charge < -0.3 is 18.9 Å². The summed E-state index contributed by atoms with van der Waals surface area (Å²) >= 11 is 0. The van der Waals surface area contributed by atoms with Crippen LogP contribution in [-0.2, 0) is 28.7 Å². The topological polar surface area (TPSA) is 180 Å². The van der Waals surface area contributed by atoms with E-state index in [1.165, 1.54) is 121 Å². The molecule has 0 saturated carbocycles. The SMILES string of the molecule is O=C(OCCCCCOC(=O)c1ccc(OC(=O)c2ccc(N3C(=O)C=CC3=O)cc2)cc1)c1ccc(OC(=O)c2ccc(N3C(=O)C=CC3=O)cc2)cc1. The van der Waals surface area contributed by atoms with Gasteiger partial charge in [0, 0.05) is 24.3 Å². The lowest BCUT2D eigenvalue weighted by atomic mass is 10.2. The highest BCUT2D eigenvalue weighted by molar-refractivity contribution is 6.28. The molecule has 0 saturated heterocycles. The Hall–Kier alpha value is -7.48. The summed E-state index contributed by atoms with van der Waals surface area (Å²) in [5.74, 6) is -3.93. The first kappa shape index (κ1) is 37.3. The van der Waals surface area contributed by atoms with Gasteiger partial charge in [0.2, 0.25) is 0 Å². The molecule has 55 heavy (non-hydrogen) atoms. The summed E-state index contributed by atoms with van der Waals surface area (Å²) in [4.78, 5) is 99.3. The first-order valence-corrected chi connectivity index (χ1v) is 16.9. The first-order valence-electron chi connectivity index (χ1n) is 16.9. The van der Waals surface area contributed by atoms with Crippen molar-refractivity contribution in [3.63, 3.8) is 0 Å². The van der Waals surface area contributed by atoms with Crippen molar-refractivity contribution in [3.05, 3.63) is 144 Å². The van der Waals surface area contributed by atoms with E-state index in [1.807, 2.05) is 0 Å². The molecule has 4 aromatic carbocycles. The zero-order chi connectivity index (χ0) is 38.9. The molecule has 2 aliphatic rings. The Kier molecular flexibility index (Phi) is 11.5. The molecule has 0 radical (unpaired) electrons. The Balaban J connectivity index is 0.849. The summed E-state index contributed by atoms with van der Waals surface area (Å²) in [6.45, 7) is 0.285. The quantitative estimate of drug-likeness (QED) is 0.0717. The van der Waals surface area contributed by atoms with Crippen molar-refractivity contribution >= 4 is 58.9 Å². The van der Waals surface area contributed by atoms with Crippen LogP contribution in [0, 0.1) is 0 Å². The Morgan fingerprint density at radius 1 is 0.382 bits per heavy atom. The molecular weight excluding hydrogens is 712 g/mol. The molecule has 4 aromatic rings. The van der Waals surface area contributed by atoms with Crippen LogP contribution in [0.4, 0.5) is 11.4 Å². The van der Waals surface area contributed by atoms with Crippen molar-refractivity contribution in [1.82, 2.24) is 0 Å². The minimum Gasteiger partial charge on any atom is -0.462 e. The summed E-state index contributed by atoms with van der Waals surface area (Å²) in [5.41, 5.74) is 1.56. The molecule has 2 heterocycles. The molecule has 6 rings (SSSR count). The standard InChI is InChI=1S/C41H30N2O12/c44-34-20-21-35(45)42(34)30-12-4-28(5-13-30)40(50)54-32-16-8-26(9-17-32)38(48)52-24-2-1-3-25-53-39(49)27-10-18-33(19-11-27)55-41(51)29-6-14-31(15-7-29)43-36(46)22-23-37(43)47/h4-23H,1-3,24-25H2. The van der Waals surface area contributed by atoms with E-state index in [0.29, 0.717) is 30.6 Å². The maximum absolute atomic E-state index is 12.6. The number of esters is 4. The van der Waals surface area contributed by atoms with Crippen LogP contribution in [-0.4, -0.2) is 60.7 Å². The zero-order valence-electron chi connectivity index (χ0n) is 28.9. The number of carbonyl (C=O) groups excluding carboxylic acids is 8. The number of hydrogen-bond donors (Lipinski definition) is 0. The number of nitrogens with zero attached hydrogens (tertiary/aromatic N) is 2. The minimum atomic E-state index is -0.668. The molecule has 14 nitrogen and oxygen atoms in total. The van der Waals surface area contributed by atoms with Gasteiger partial charge in [0.05, 0.1) is 46.8 Å². The van der Waals surface area contributed by atoms with Gasteiger partial charge >= 0.3 is 23.9 Å². The largest absolute Gasteiger partial charge is 0.462 e. The van der Waals surface area contributed by atoms with Crippen molar-refractivity contribution in [2.75, 3.05) is 23.0 Å². The number of rotatable bonds is 14. The summed E-state index contributed by atoms with van der Waals surface area (Å²) in [7, 11) is 0. The molecule has 4 amide bonds. The van der Waals surface area contributed by atoms with Gasteiger partial charge in [-0.25, -0.2) is 29.0 Å². The van der Waals surface area contributed by atoms with E-state index < -0.39 is 47.5 Å². The second-order valence-electron chi connectivity index (χ2n) is 11.9. The van der Waals surface area contributed by atoms with Crippen LogP contribution in [0.1, 0.15) is 60.7 Å². The Labute approximate surface area is 313 Å². The van der Waals surface area contributed by atoms with Crippen molar-refractivity contribution in [1.29, 1.82) is 0 Å². The van der Waals surface area contributed by atoms with Gasteiger partial charge in [0.25, 0.3) is 23.6 Å². The van der Waals surface area contributed by atoms with Gasteiger partial charge in [-0.3, -0.25) is 19.2 Å². The van der Waals surface area contributed by atoms with Crippen molar-refractivity contribution in [2.24, 2.45) is 0 Å². The van der Waals surface area contributed by atoms with Crippen LogP contribution in [0.25, 0.3) is 0 Å². The predicted molar refractivity (Wildman–Crippen MR) is 193 cm³/mol. The van der Waals surface area contributed by atoms with Crippen molar-refractivity contribution in [3.8, 4) is 11.5 Å². The fourth-order valence-electron chi connectivity index (χ4n) is 5.33. The zero-order valence-corrected chi connectivity index (χ0v) is 28.9. The van der Waals surface area contributed by atoms with Crippen molar-refractivity contribution in [2.45, 2.75) is 19.3 Å². The molecule has 0 atom stereocenters. The normalized spacial score (nSPS) is 13.3. The highest BCUT2D eigenvalue weighted by Gasteiger charge is 2.26. The van der Waals surface area contributed by atoms with E-state index >= 15 is 0 Å². The van der Waals surface area contributed by atoms with Crippen LogP contribution in [0.15, 0.2) is 121 Å². The lowest BCUT2D eigenvalue weighted by Crippen LogP contribution is -2.29. The Morgan fingerprint density at radius 3 is 1.00 bits per heavy atom. The molecule has 0 fully saturated rings. The van der Waals surface area contributed by atoms with Crippen molar-refractivity contribution < 1.29 is 57.3 Å². The summed E-state index contributed by atoms with van der Waals surface area (Å²) in [6.07, 6.45) is 6.34. The van der Waals surface area contributed by atoms with E-state index in [2.05, 4.69) is 0 Å². The average Bonchev–Trinajstić information content (AvgIpc) is 3.72. The highest BCUT2D eigenvalue weighted by atomic mass is 16.5. The van der Waals surface area contributed by atoms with Gasteiger partial charge in [-0.15, -0.1) is 0 Å². The average molecular weight is 743 g/mol. The number of anilines is 2. The van der Waals surface area contributed by atoms with Gasteiger partial charge in [-0.2, -0.15) is 0 Å². The van der Waals surface area contributed by atoms with Crippen LogP contribution in [0.5, 0.6) is 11.5 Å². The maximum Gasteiger partial charge on any atom is 0.343 e. The monoisotopic (exact) mass is 742 g/mol. The van der Waals surface area contributed by atoms with Gasteiger partial charge in [-0.1, -0.05) is 0 Å². The third kappa shape index (κ3) is 9.13. The lowest BCUT2D eigenvalue weighted by molar-refractivity contribution is -0.121. The second kappa shape index (κ2) is 16.9. The van der Waals surface area contributed by atoms with E-state index in [1.54, 1.807) is 0 Å². The summed E-state index contributed by atoms with van der Waals surface area (Å²) < 4.78 is 21.3. The van der Waals surface area contributed by atoms with Gasteiger partial charge in [-0.05, 0) is 116 Å². The molecule has 0 N–H and O–H groups in total. The van der Waals surface area contributed by atoms with E-state index in [4.69, 9.17) is 18.9 Å². The molecule has 276 valence electrons. The smallest absolute Gasteiger partial charge is 0.343 e. The van der Waals surface area contributed by atoms with E-state index in [0.717, 1.165) is 9.80 Å². The van der Waals surface area contributed by atoms with Gasteiger partial charge in [0.1, 0.15) is 11.5 Å². The van der Waals surface area contributed by atoms with Crippen LogP contribution in [0.2, 0.25) is 0 Å².